The number of benzene rings is 1. The van der Waals surface area contributed by atoms with Crippen LogP contribution >= 0.6 is 23.2 Å². The van der Waals surface area contributed by atoms with Crippen LogP contribution in [0.5, 0.6) is 0 Å². The standard InChI is InChI=1S/C22H22Cl2N10O4/c1-11(2)19-15(8-26-18-6-17(24)31-34(18)19)30-21(36)29-12-3-4-16(14(23)5-12)33-9-13(7-28-33)32(20(25)35)10-27-22(37)38/h3-9,11,27H,10H2,1-2H3,(H2,25,35)(H,37,38)(H2,29,30,36). The molecule has 198 valence electrons. The number of rotatable bonds is 7. The van der Waals surface area contributed by atoms with Crippen LogP contribution in [0.3, 0.4) is 0 Å². The Bertz CT molecular complexity index is 1530. The van der Waals surface area contributed by atoms with E-state index in [4.69, 9.17) is 34.0 Å². The minimum absolute atomic E-state index is 0.00449. The quantitative estimate of drug-likeness (QED) is 0.210. The number of nitrogens with one attached hydrogen (secondary N) is 3. The summed E-state index contributed by atoms with van der Waals surface area (Å²) in [4.78, 5) is 40.5. The summed E-state index contributed by atoms with van der Waals surface area (Å²) in [5.74, 6) is 0.00449. The summed E-state index contributed by atoms with van der Waals surface area (Å²) in [6.45, 7) is 3.55. The molecule has 14 nitrogen and oxygen atoms in total. The molecule has 0 radical (unpaired) electrons. The molecule has 0 aliphatic rings. The van der Waals surface area contributed by atoms with E-state index in [-0.39, 0.29) is 23.3 Å². The molecule has 0 saturated carbocycles. The van der Waals surface area contributed by atoms with Gasteiger partial charge in [0.2, 0.25) is 0 Å². The van der Waals surface area contributed by atoms with Gasteiger partial charge in [0.15, 0.2) is 10.8 Å². The lowest BCUT2D eigenvalue weighted by atomic mass is 10.1. The fourth-order valence-electron chi connectivity index (χ4n) is 3.66. The van der Waals surface area contributed by atoms with Crippen LogP contribution in [0.4, 0.5) is 31.4 Å². The van der Waals surface area contributed by atoms with Gasteiger partial charge in [0.25, 0.3) is 0 Å². The summed E-state index contributed by atoms with van der Waals surface area (Å²) in [7, 11) is 0. The number of fused-ring (bicyclic) bond motifs is 1. The van der Waals surface area contributed by atoms with Gasteiger partial charge in [-0.05, 0) is 24.1 Å². The molecule has 0 fully saturated rings. The van der Waals surface area contributed by atoms with E-state index >= 15 is 0 Å². The highest BCUT2D eigenvalue weighted by atomic mass is 35.5. The van der Waals surface area contributed by atoms with Gasteiger partial charge in [0.05, 0.1) is 46.4 Å². The van der Waals surface area contributed by atoms with Gasteiger partial charge in [-0.3, -0.25) is 4.90 Å². The number of hydrogen-bond acceptors (Lipinski definition) is 6. The van der Waals surface area contributed by atoms with E-state index in [9.17, 15) is 14.4 Å². The smallest absolute Gasteiger partial charge is 0.406 e. The number of anilines is 3. The fraction of sp³-hybridized carbons (Fsp3) is 0.182. The number of carboxylic acid groups (broad SMARTS) is 1. The zero-order valence-corrected chi connectivity index (χ0v) is 21.5. The molecule has 3 heterocycles. The largest absolute Gasteiger partial charge is 0.465 e. The molecule has 0 saturated heterocycles. The van der Waals surface area contributed by atoms with Crippen molar-refractivity contribution >= 4 is 64.1 Å². The lowest BCUT2D eigenvalue weighted by Gasteiger charge is -2.17. The van der Waals surface area contributed by atoms with Crippen LogP contribution in [0.1, 0.15) is 25.5 Å². The number of primary amides is 1. The average molecular weight is 561 g/mol. The van der Waals surface area contributed by atoms with Gasteiger partial charge in [-0.25, -0.2) is 28.6 Å². The van der Waals surface area contributed by atoms with Crippen LogP contribution in [0.2, 0.25) is 10.2 Å². The first-order valence-electron chi connectivity index (χ1n) is 11.0. The monoisotopic (exact) mass is 560 g/mol. The van der Waals surface area contributed by atoms with Crippen molar-refractivity contribution in [1.82, 2.24) is 29.7 Å². The molecule has 0 aliphatic carbocycles. The maximum atomic E-state index is 12.8. The lowest BCUT2D eigenvalue weighted by molar-refractivity contribution is 0.194. The number of aromatic nitrogens is 5. The Morgan fingerprint density at radius 3 is 2.58 bits per heavy atom. The van der Waals surface area contributed by atoms with Crippen LogP contribution in [-0.2, 0) is 0 Å². The number of nitrogens with two attached hydrogens (primary N) is 1. The van der Waals surface area contributed by atoms with Crippen LogP contribution in [0, 0.1) is 0 Å². The molecule has 0 unspecified atom stereocenters. The van der Waals surface area contributed by atoms with E-state index in [1.807, 2.05) is 13.8 Å². The van der Waals surface area contributed by atoms with Crippen molar-refractivity contribution in [3.05, 3.63) is 58.7 Å². The number of hydrogen-bond donors (Lipinski definition) is 5. The molecule has 16 heteroatoms. The van der Waals surface area contributed by atoms with Crippen molar-refractivity contribution in [3.8, 4) is 5.69 Å². The molecule has 0 atom stereocenters. The number of halogens is 2. The summed E-state index contributed by atoms with van der Waals surface area (Å²) < 4.78 is 2.97. The minimum Gasteiger partial charge on any atom is -0.465 e. The molecule has 1 aromatic carbocycles. The van der Waals surface area contributed by atoms with Gasteiger partial charge in [-0.1, -0.05) is 37.0 Å². The number of carbonyl (C=O) groups excluding carboxylic acids is 2. The van der Waals surface area contributed by atoms with Crippen molar-refractivity contribution in [3.63, 3.8) is 0 Å². The van der Waals surface area contributed by atoms with Gasteiger partial charge in [-0.15, -0.1) is 0 Å². The third-order valence-electron chi connectivity index (χ3n) is 5.27. The second kappa shape index (κ2) is 10.8. The van der Waals surface area contributed by atoms with E-state index in [0.717, 1.165) is 10.6 Å². The predicted octanol–water partition coefficient (Wildman–Crippen LogP) is 4.10. The highest BCUT2D eigenvalue weighted by Crippen LogP contribution is 2.28. The summed E-state index contributed by atoms with van der Waals surface area (Å²) in [6, 6.07) is 4.96. The van der Waals surface area contributed by atoms with Crippen molar-refractivity contribution in [2.24, 2.45) is 5.73 Å². The van der Waals surface area contributed by atoms with Crippen LogP contribution in [-0.4, -0.2) is 54.3 Å². The summed E-state index contributed by atoms with van der Waals surface area (Å²) in [5.41, 5.74) is 8.17. The first-order valence-corrected chi connectivity index (χ1v) is 11.8. The Hall–Kier alpha value is -4.56. The molecule has 0 spiro atoms. The number of urea groups is 2. The van der Waals surface area contributed by atoms with Crippen LogP contribution < -0.4 is 26.6 Å². The zero-order valence-electron chi connectivity index (χ0n) is 20.0. The molecule has 4 rings (SSSR count). The normalized spacial score (nSPS) is 11.0. The summed E-state index contributed by atoms with van der Waals surface area (Å²) in [5, 5.41) is 25.3. The third kappa shape index (κ3) is 5.71. The van der Waals surface area contributed by atoms with Gasteiger partial charge < -0.3 is 26.8 Å². The Morgan fingerprint density at radius 1 is 1.16 bits per heavy atom. The average Bonchev–Trinajstić information content (AvgIpc) is 3.44. The van der Waals surface area contributed by atoms with Gasteiger partial charge >= 0.3 is 18.2 Å². The molecule has 6 N–H and O–H groups in total. The topological polar surface area (TPSA) is 185 Å². The van der Waals surface area contributed by atoms with E-state index in [1.54, 1.807) is 22.7 Å². The predicted molar refractivity (Wildman–Crippen MR) is 141 cm³/mol. The van der Waals surface area contributed by atoms with Crippen molar-refractivity contribution < 1.29 is 19.5 Å². The zero-order chi connectivity index (χ0) is 27.6. The van der Waals surface area contributed by atoms with Crippen molar-refractivity contribution in [2.75, 3.05) is 22.2 Å². The molecule has 4 aromatic rings. The first kappa shape index (κ1) is 26.5. The summed E-state index contributed by atoms with van der Waals surface area (Å²) in [6.07, 6.45) is 3.00. The summed E-state index contributed by atoms with van der Waals surface area (Å²) >= 11 is 12.4. The van der Waals surface area contributed by atoms with Gasteiger partial charge in [0, 0.05) is 11.8 Å². The lowest BCUT2D eigenvalue weighted by Crippen LogP contribution is -2.43. The highest BCUT2D eigenvalue weighted by Gasteiger charge is 2.18. The van der Waals surface area contributed by atoms with Crippen molar-refractivity contribution in [2.45, 2.75) is 19.8 Å². The molecule has 3 aromatic heterocycles. The van der Waals surface area contributed by atoms with Crippen LogP contribution in [0.25, 0.3) is 11.3 Å². The van der Waals surface area contributed by atoms with Gasteiger partial charge in [0.1, 0.15) is 6.67 Å². The number of amides is 5. The van der Waals surface area contributed by atoms with E-state index < -0.39 is 18.2 Å². The maximum absolute atomic E-state index is 12.8. The van der Waals surface area contributed by atoms with Crippen LogP contribution in [0.15, 0.2) is 42.9 Å². The number of nitrogens with zero attached hydrogens (tertiary/aromatic N) is 6. The fourth-order valence-corrected chi connectivity index (χ4v) is 4.10. The Balaban J connectivity index is 1.50. The van der Waals surface area contributed by atoms with E-state index in [0.29, 0.717) is 27.9 Å². The van der Waals surface area contributed by atoms with Gasteiger partial charge in [-0.2, -0.15) is 10.2 Å². The van der Waals surface area contributed by atoms with E-state index in [1.165, 1.54) is 29.3 Å². The SMILES string of the molecule is CC(C)c1c(NC(=O)Nc2ccc(-n3cc(N(CNC(=O)O)C(N)=O)cn3)c(Cl)c2)cnc2cc(Cl)nn12. The molecular formula is C22H22Cl2N10O4. The Labute approximate surface area is 225 Å². The molecular weight excluding hydrogens is 539 g/mol. The second-order valence-corrected chi connectivity index (χ2v) is 9.04. The number of carbonyl (C=O) groups is 3. The van der Waals surface area contributed by atoms with Crippen molar-refractivity contribution in [1.29, 1.82) is 0 Å². The second-order valence-electron chi connectivity index (χ2n) is 8.24. The third-order valence-corrected chi connectivity index (χ3v) is 5.76. The molecule has 0 bridgehead atoms. The first-order chi connectivity index (χ1) is 18.0. The highest BCUT2D eigenvalue weighted by molar-refractivity contribution is 6.32. The Kier molecular flexibility index (Phi) is 7.55. The molecule has 5 amide bonds. The Morgan fingerprint density at radius 2 is 1.92 bits per heavy atom. The maximum Gasteiger partial charge on any atom is 0.406 e. The molecule has 0 aliphatic heterocycles. The minimum atomic E-state index is -1.32. The molecule has 38 heavy (non-hydrogen) atoms. The van der Waals surface area contributed by atoms with E-state index in [2.05, 4.69) is 31.1 Å².